The van der Waals surface area contributed by atoms with E-state index in [9.17, 15) is 9.59 Å². The van der Waals surface area contributed by atoms with E-state index in [2.05, 4.69) is 39.7 Å². The van der Waals surface area contributed by atoms with Crippen molar-refractivity contribution in [2.45, 2.75) is 32.1 Å². The predicted molar refractivity (Wildman–Crippen MR) is 126 cm³/mol. The van der Waals surface area contributed by atoms with Crippen LogP contribution in [0.5, 0.6) is 0 Å². The van der Waals surface area contributed by atoms with Crippen molar-refractivity contribution in [1.82, 2.24) is 9.97 Å². The van der Waals surface area contributed by atoms with Crippen molar-refractivity contribution in [3.63, 3.8) is 0 Å². The van der Waals surface area contributed by atoms with E-state index < -0.39 is 0 Å². The van der Waals surface area contributed by atoms with Crippen LogP contribution in [-0.4, -0.2) is 21.8 Å². The van der Waals surface area contributed by atoms with Crippen molar-refractivity contribution >= 4 is 34.2 Å². The third-order valence-corrected chi connectivity index (χ3v) is 5.87. The van der Waals surface area contributed by atoms with Crippen LogP contribution >= 0.6 is 0 Å². The molecule has 1 aliphatic heterocycles. The summed E-state index contributed by atoms with van der Waals surface area (Å²) >= 11 is 0. The van der Waals surface area contributed by atoms with Gasteiger partial charge in [-0.1, -0.05) is 36.4 Å². The van der Waals surface area contributed by atoms with E-state index in [1.54, 1.807) is 0 Å². The molecular formula is C26H24N4O2. The summed E-state index contributed by atoms with van der Waals surface area (Å²) in [6.07, 6.45) is 1.46. The Morgan fingerprint density at radius 3 is 2.72 bits per heavy atom. The number of nitrogens with one attached hydrogen (secondary N) is 3. The Morgan fingerprint density at radius 1 is 1.06 bits per heavy atom. The zero-order valence-corrected chi connectivity index (χ0v) is 17.8. The largest absolute Gasteiger partial charge is 0.342 e. The Kier molecular flexibility index (Phi) is 5.19. The summed E-state index contributed by atoms with van der Waals surface area (Å²) in [6.45, 7) is 2.06. The van der Waals surface area contributed by atoms with E-state index in [4.69, 9.17) is 0 Å². The predicted octanol–water partition coefficient (Wildman–Crippen LogP) is 4.92. The number of imidazole rings is 1. The maximum atomic E-state index is 12.4. The molecule has 2 amide bonds. The second kappa shape index (κ2) is 8.30. The van der Waals surface area contributed by atoms with E-state index in [0.29, 0.717) is 12.8 Å². The van der Waals surface area contributed by atoms with Gasteiger partial charge in [0.05, 0.1) is 17.0 Å². The molecule has 32 heavy (non-hydrogen) atoms. The van der Waals surface area contributed by atoms with Gasteiger partial charge in [-0.3, -0.25) is 9.59 Å². The SMILES string of the molecule is Cc1ccc2nc(Cc3ccc(NC(=O)CC[C@@H]4C(=O)Nc5ccccc54)cc3)[nH]c2c1. The van der Waals surface area contributed by atoms with Gasteiger partial charge in [0, 0.05) is 24.2 Å². The van der Waals surface area contributed by atoms with Gasteiger partial charge in [0.25, 0.3) is 0 Å². The maximum absolute atomic E-state index is 12.4. The molecule has 0 radical (unpaired) electrons. The zero-order chi connectivity index (χ0) is 22.1. The fourth-order valence-electron chi connectivity index (χ4n) is 4.22. The average molecular weight is 425 g/mol. The summed E-state index contributed by atoms with van der Waals surface area (Å²) in [6, 6.07) is 21.6. The minimum absolute atomic E-state index is 0.0379. The molecule has 3 N–H and O–H groups in total. The number of aryl methyl sites for hydroxylation is 1. The molecule has 0 saturated carbocycles. The molecule has 6 nitrogen and oxygen atoms in total. The fourth-order valence-corrected chi connectivity index (χ4v) is 4.22. The smallest absolute Gasteiger partial charge is 0.232 e. The number of hydrogen-bond acceptors (Lipinski definition) is 3. The molecule has 0 fully saturated rings. The Balaban J connectivity index is 1.17. The number of anilines is 2. The quantitative estimate of drug-likeness (QED) is 0.411. The van der Waals surface area contributed by atoms with E-state index in [1.807, 2.05) is 54.6 Å². The summed E-state index contributed by atoms with van der Waals surface area (Å²) in [7, 11) is 0. The monoisotopic (exact) mass is 424 g/mol. The van der Waals surface area contributed by atoms with Crippen molar-refractivity contribution in [2.75, 3.05) is 10.6 Å². The van der Waals surface area contributed by atoms with Gasteiger partial charge in [0.1, 0.15) is 5.82 Å². The minimum Gasteiger partial charge on any atom is -0.342 e. The lowest BCUT2D eigenvalue weighted by Gasteiger charge is -2.10. The first-order valence-corrected chi connectivity index (χ1v) is 10.8. The van der Waals surface area contributed by atoms with Crippen LogP contribution < -0.4 is 10.6 Å². The van der Waals surface area contributed by atoms with Crippen LogP contribution in [0, 0.1) is 6.92 Å². The van der Waals surface area contributed by atoms with Crippen LogP contribution in [0.25, 0.3) is 11.0 Å². The number of aromatic nitrogens is 2. The van der Waals surface area contributed by atoms with Crippen molar-refractivity contribution in [3.05, 3.63) is 89.2 Å². The number of aromatic amines is 1. The molecule has 4 aromatic rings. The molecule has 1 aliphatic rings. The summed E-state index contributed by atoms with van der Waals surface area (Å²) < 4.78 is 0. The van der Waals surface area contributed by atoms with Crippen LogP contribution in [0.4, 0.5) is 11.4 Å². The number of fused-ring (bicyclic) bond motifs is 2. The summed E-state index contributed by atoms with van der Waals surface area (Å²) in [4.78, 5) is 32.7. The Morgan fingerprint density at radius 2 is 1.88 bits per heavy atom. The highest BCUT2D eigenvalue weighted by molar-refractivity contribution is 6.03. The molecular weight excluding hydrogens is 400 g/mol. The van der Waals surface area contributed by atoms with Crippen molar-refractivity contribution in [3.8, 4) is 0 Å². The standard InChI is InChI=1S/C26H24N4O2/c1-16-6-12-22-23(14-16)29-24(28-22)15-17-7-9-18(10-8-17)27-25(31)13-11-20-19-4-2-3-5-21(19)30-26(20)32/h2-10,12,14,20H,11,13,15H2,1H3,(H,27,31)(H,28,29)(H,30,32)/t20-/m0/s1. The lowest BCUT2D eigenvalue weighted by atomic mass is 9.95. The van der Waals surface area contributed by atoms with Gasteiger partial charge in [-0.05, 0) is 60.4 Å². The number of H-pyrrole nitrogens is 1. The number of carbonyl (C=O) groups is 2. The van der Waals surface area contributed by atoms with Gasteiger partial charge >= 0.3 is 0 Å². The van der Waals surface area contributed by atoms with Gasteiger partial charge in [0.15, 0.2) is 0 Å². The van der Waals surface area contributed by atoms with Crippen LogP contribution in [0.3, 0.4) is 0 Å². The van der Waals surface area contributed by atoms with Crippen molar-refractivity contribution < 1.29 is 9.59 Å². The number of rotatable bonds is 6. The Labute approximate surface area is 186 Å². The van der Waals surface area contributed by atoms with Gasteiger partial charge in [0.2, 0.25) is 11.8 Å². The topological polar surface area (TPSA) is 86.9 Å². The van der Waals surface area contributed by atoms with E-state index in [-0.39, 0.29) is 24.2 Å². The zero-order valence-electron chi connectivity index (χ0n) is 17.8. The number of carbonyl (C=O) groups excluding carboxylic acids is 2. The normalized spacial score (nSPS) is 14.9. The van der Waals surface area contributed by atoms with Crippen molar-refractivity contribution in [2.24, 2.45) is 0 Å². The first-order chi connectivity index (χ1) is 15.5. The van der Waals surface area contributed by atoms with E-state index >= 15 is 0 Å². The molecule has 3 aromatic carbocycles. The average Bonchev–Trinajstić information content (AvgIpc) is 3.32. The summed E-state index contributed by atoms with van der Waals surface area (Å²) in [5, 5.41) is 5.81. The molecule has 5 rings (SSSR count). The number of para-hydroxylation sites is 1. The van der Waals surface area contributed by atoms with Crippen LogP contribution in [0.2, 0.25) is 0 Å². The number of nitrogens with zero attached hydrogens (tertiary/aromatic N) is 1. The molecule has 160 valence electrons. The highest BCUT2D eigenvalue weighted by atomic mass is 16.2. The molecule has 2 heterocycles. The number of amides is 2. The third kappa shape index (κ3) is 4.12. The molecule has 0 saturated heterocycles. The minimum atomic E-state index is -0.271. The lowest BCUT2D eigenvalue weighted by molar-refractivity contribution is -0.118. The Hall–Kier alpha value is -3.93. The first kappa shape index (κ1) is 20.0. The molecule has 6 heteroatoms. The van der Waals surface area contributed by atoms with Crippen LogP contribution in [0.1, 0.15) is 41.3 Å². The molecule has 0 bridgehead atoms. The molecule has 1 aromatic heterocycles. The number of hydrogen-bond donors (Lipinski definition) is 3. The maximum Gasteiger partial charge on any atom is 0.232 e. The Bertz CT molecular complexity index is 1310. The second-order valence-corrected chi connectivity index (χ2v) is 8.29. The first-order valence-electron chi connectivity index (χ1n) is 10.8. The van der Waals surface area contributed by atoms with E-state index in [1.165, 1.54) is 5.56 Å². The molecule has 1 atom stereocenters. The number of benzene rings is 3. The lowest BCUT2D eigenvalue weighted by Crippen LogP contribution is -2.16. The molecule has 0 aliphatic carbocycles. The molecule has 0 spiro atoms. The third-order valence-electron chi connectivity index (χ3n) is 5.87. The summed E-state index contributed by atoms with van der Waals surface area (Å²) in [5.74, 6) is 0.510. The second-order valence-electron chi connectivity index (χ2n) is 8.29. The van der Waals surface area contributed by atoms with Crippen molar-refractivity contribution in [1.29, 1.82) is 0 Å². The van der Waals surface area contributed by atoms with Gasteiger partial charge in [-0.15, -0.1) is 0 Å². The molecule has 0 unspecified atom stereocenters. The van der Waals surface area contributed by atoms with Gasteiger partial charge in [-0.25, -0.2) is 4.98 Å². The highest BCUT2D eigenvalue weighted by Crippen LogP contribution is 2.35. The van der Waals surface area contributed by atoms with Gasteiger partial charge < -0.3 is 15.6 Å². The van der Waals surface area contributed by atoms with Gasteiger partial charge in [-0.2, -0.15) is 0 Å². The van der Waals surface area contributed by atoms with Crippen LogP contribution in [0.15, 0.2) is 66.7 Å². The van der Waals surface area contributed by atoms with E-state index in [0.717, 1.165) is 39.4 Å². The summed E-state index contributed by atoms with van der Waals surface area (Å²) in [5.41, 5.74) is 6.88. The fraction of sp³-hybridized carbons (Fsp3) is 0.192. The van der Waals surface area contributed by atoms with Crippen LogP contribution in [-0.2, 0) is 16.0 Å². The highest BCUT2D eigenvalue weighted by Gasteiger charge is 2.30.